The van der Waals surface area contributed by atoms with E-state index in [4.69, 9.17) is 9.84 Å². The predicted octanol–water partition coefficient (Wildman–Crippen LogP) is 5.75. The fraction of sp³-hybridized carbons (Fsp3) is 0.214. The van der Waals surface area contributed by atoms with Crippen LogP contribution in [-0.4, -0.2) is 27.1 Å². The molecule has 0 bridgehead atoms. The van der Waals surface area contributed by atoms with Gasteiger partial charge in [-0.15, -0.1) is 0 Å². The van der Waals surface area contributed by atoms with Crippen molar-refractivity contribution in [3.63, 3.8) is 0 Å². The predicted molar refractivity (Wildman–Crippen MR) is 127 cm³/mol. The van der Waals surface area contributed by atoms with E-state index in [1.54, 1.807) is 0 Å². The highest BCUT2D eigenvalue weighted by atomic mass is 16.5. The number of phenols is 2. The van der Waals surface area contributed by atoms with E-state index in [-0.39, 0.29) is 47.0 Å². The molecule has 4 rings (SSSR count). The number of allylic oxidation sites excluding steroid dienone is 2. The molecule has 0 aromatic heterocycles. The summed E-state index contributed by atoms with van der Waals surface area (Å²) in [6.45, 7) is 0. The van der Waals surface area contributed by atoms with Gasteiger partial charge >= 0.3 is 5.97 Å². The molecule has 0 saturated heterocycles. The Morgan fingerprint density at radius 3 is 2.41 bits per heavy atom. The number of unbranched alkanes of at least 4 members (excludes halogenated alkanes) is 1. The molecule has 0 unspecified atom stereocenters. The zero-order chi connectivity index (χ0) is 24.1. The zero-order valence-corrected chi connectivity index (χ0v) is 18.6. The van der Waals surface area contributed by atoms with Gasteiger partial charge in [0.25, 0.3) is 0 Å². The lowest BCUT2D eigenvalue weighted by Gasteiger charge is -2.28. The fourth-order valence-corrected chi connectivity index (χ4v) is 4.27. The number of carbonyl (C=O) groups excluding carboxylic acids is 1. The van der Waals surface area contributed by atoms with E-state index in [1.807, 2.05) is 72.8 Å². The summed E-state index contributed by atoms with van der Waals surface area (Å²) in [4.78, 5) is 23.9. The first-order valence-corrected chi connectivity index (χ1v) is 11.2. The maximum absolute atomic E-state index is 13.1. The van der Waals surface area contributed by atoms with Crippen molar-refractivity contribution in [1.82, 2.24) is 0 Å². The van der Waals surface area contributed by atoms with Crippen LogP contribution >= 0.6 is 0 Å². The summed E-state index contributed by atoms with van der Waals surface area (Å²) in [5.74, 6) is -1.97. The summed E-state index contributed by atoms with van der Waals surface area (Å²) < 4.78 is 6.01. The third kappa shape index (κ3) is 4.96. The van der Waals surface area contributed by atoms with Crippen LogP contribution in [0.1, 0.15) is 64.8 Å². The molecule has 0 radical (unpaired) electrons. The van der Waals surface area contributed by atoms with Crippen molar-refractivity contribution in [1.29, 1.82) is 0 Å². The van der Waals surface area contributed by atoms with Gasteiger partial charge in [0, 0.05) is 24.0 Å². The van der Waals surface area contributed by atoms with Crippen LogP contribution in [0.25, 0.3) is 0 Å². The monoisotopic (exact) mass is 458 g/mol. The number of carboxylic acid groups (broad SMARTS) is 1. The molecule has 34 heavy (non-hydrogen) atoms. The van der Waals surface area contributed by atoms with Crippen LogP contribution in [0.3, 0.4) is 0 Å². The van der Waals surface area contributed by atoms with Crippen LogP contribution in [0, 0.1) is 0 Å². The molecule has 2 atom stereocenters. The third-order valence-corrected chi connectivity index (χ3v) is 5.93. The van der Waals surface area contributed by atoms with Gasteiger partial charge in [0.15, 0.2) is 5.78 Å². The van der Waals surface area contributed by atoms with Gasteiger partial charge in [0.1, 0.15) is 28.9 Å². The molecule has 0 aliphatic carbocycles. The van der Waals surface area contributed by atoms with E-state index in [0.29, 0.717) is 12.8 Å². The number of hydrogen-bond acceptors (Lipinski definition) is 5. The number of aliphatic carboxylic acids is 1. The number of phenolic OH excluding ortho intramolecular Hbond substituents is 2. The summed E-state index contributed by atoms with van der Waals surface area (Å²) >= 11 is 0. The topological polar surface area (TPSA) is 104 Å². The highest BCUT2D eigenvalue weighted by Crippen LogP contribution is 2.48. The van der Waals surface area contributed by atoms with Crippen LogP contribution < -0.4 is 4.74 Å². The number of rotatable bonds is 8. The Bertz CT molecular complexity index is 1200. The van der Waals surface area contributed by atoms with E-state index < -0.39 is 18.0 Å². The maximum atomic E-state index is 13.1. The second-order valence-electron chi connectivity index (χ2n) is 8.28. The van der Waals surface area contributed by atoms with E-state index in [1.165, 1.54) is 6.07 Å². The van der Waals surface area contributed by atoms with Gasteiger partial charge in [-0.2, -0.15) is 0 Å². The molecule has 1 aliphatic heterocycles. The number of hydrogen-bond donors (Lipinski definition) is 3. The molecule has 3 aromatic carbocycles. The quantitative estimate of drug-likeness (QED) is 0.293. The summed E-state index contributed by atoms with van der Waals surface area (Å²) in [5, 5.41) is 31.0. The van der Waals surface area contributed by atoms with Crippen LogP contribution in [0.5, 0.6) is 17.2 Å². The van der Waals surface area contributed by atoms with Gasteiger partial charge < -0.3 is 20.1 Å². The average Bonchev–Trinajstić information content (AvgIpc) is 2.83. The lowest BCUT2D eigenvalue weighted by molar-refractivity contribution is -0.137. The first kappa shape index (κ1) is 23.1. The molecule has 1 heterocycles. The number of Topliss-reactive ketones (excluding diaryl/α,β-unsaturated/α-hetero) is 1. The molecule has 174 valence electrons. The lowest BCUT2D eigenvalue weighted by Crippen LogP contribution is -2.21. The molecular formula is C28H26O6. The Morgan fingerprint density at radius 1 is 1.06 bits per heavy atom. The molecule has 0 saturated carbocycles. The van der Waals surface area contributed by atoms with Gasteiger partial charge in [-0.25, -0.2) is 0 Å². The largest absolute Gasteiger partial charge is 0.507 e. The second kappa shape index (κ2) is 10.3. The molecular weight excluding hydrogens is 432 g/mol. The molecule has 0 amide bonds. The molecule has 1 aliphatic rings. The summed E-state index contributed by atoms with van der Waals surface area (Å²) in [6, 6.07) is 20.1. The fourth-order valence-electron chi connectivity index (χ4n) is 4.27. The van der Waals surface area contributed by atoms with Crippen molar-refractivity contribution in [3.05, 3.63) is 101 Å². The molecule has 0 fully saturated rings. The van der Waals surface area contributed by atoms with Crippen molar-refractivity contribution in [2.45, 2.75) is 37.7 Å². The molecule has 6 nitrogen and oxygen atoms in total. The average molecular weight is 459 g/mol. The number of fused-ring (bicyclic) bond motifs is 1. The Labute approximate surface area is 197 Å². The van der Waals surface area contributed by atoms with Crippen LogP contribution in [0.2, 0.25) is 0 Å². The molecule has 0 spiro atoms. The van der Waals surface area contributed by atoms with Crippen LogP contribution in [0.4, 0.5) is 0 Å². The van der Waals surface area contributed by atoms with Crippen molar-refractivity contribution >= 4 is 11.8 Å². The number of carboxylic acids is 1. The van der Waals surface area contributed by atoms with Crippen molar-refractivity contribution < 1.29 is 29.6 Å². The first-order chi connectivity index (χ1) is 16.5. The number of aromatic hydroxyl groups is 2. The highest BCUT2D eigenvalue weighted by Gasteiger charge is 2.34. The van der Waals surface area contributed by atoms with E-state index in [0.717, 1.165) is 11.1 Å². The van der Waals surface area contributed by atoms with Gasteiger partial charge in [-0.3, -0.25) is 9.59 Å². The third-order valence-electron chi connectivity index (χ3n) is 5.93. The Balaban J connectivity index is 1.71. The number of benzene rings is 3. The number of carbonyl (C=O) groups is 2. The van der Waals surface area contributed by atoms with Crippen LogP contribution in [-0.2, 0) is 4.79 Å². The van der Waals surface area contributed by atoms with Crippen LogP contribution in [0.15, 0.2) is 78.9 Å². The Hall–Kier alpha value is -4.06. The summed E-state index contributed by atoms with van der Waals surface area (Å²) in [5.41, 5.74) is 1.94. The zero-order valence-electron chi connectivity index (χ0n) is 18.6. The van der Waals surface area contributed by atoms with E-state index in [2.05, 4.69) is 0 Å². The molecule has 6 heteroatoms. The SMILES string of the molecule is O=C(O)CCCC=C[C@H](c1ccccc1)c1c(O)cc2c(c1O)C(=O)C[C@H](c1ccccc1)O2. The highest BCUT2D eigenvalue weighted by molar-refractivity contribution is 6.03. The molecule has 3 N–H and O–H groups in total. The van der Waals surface area contributed by atoms with Gasteiger partial charge in [-0.05, 0) is 24.0 Å². The normalized spacial score (nSPS) is 16.1. The second-order valence-corrected chi connectivity index (χ2v) is 8.28. The summed E-state index contributed by atoms with van der Waals surface area (Å²) in [6.07, 6.45) is 4.30. The standard InChI is InChI=1S/C28H26O6/c29-21-17-24-27(22(30)16-23(34-24)19-12-6-2-7-13-19)28(33)26(21)20(18-10-4-1-5-11-18)14-8-3-9-15-25(31)32/h1-2,4-8,10-14,17,20,23,29,33H,3,9,15-16H2,(H,31,32)/t20-,23-/m1/s1. The number of ketones is 1. The van der Waals surface area contributed by atoms with Crippen molar-refractivity contribution in [2.24, 2.45) is 0 Å². The Kier molecular flexibility index (Phi) is 6.97. The van der Waals surface area contributed by atoms with E-state index in [9.17, 15) is 19.8 Å². The molecule has 3 aromatic rings. The van der Waals surface area contributed by atoms with Crippen molar-refractivity contribution in [3.8, 4) is 17.2 Å². The van der Waals surface area contributed by atoms with E-state index >= 15 is 0 Å². The smallest absolute Gasteiger partial charge is 0.303 e. The minimum absolute atomic E-state index is 0.0596. The lowest BCUT2D eigenvalue weighted by atomic mass is 9.85. The maximum Gasteiger partial charge on any atom is 0.303 e. The van der Waals surface area contributed by atoms with Gasteiger partial charge in [-0.1, -0.05) is 72.8 Å². The van der Waals surface area contributed by atoms with Gasteiger partial charge in [0.05, 0.1) is 6.42 Å². The van der Waals surface area contributed by atoms with Crippen molar-refractivity contribution in [2.75, 3.05) is 0 Å². The first-order valence-electron chi connectivity index (χ1n) is 11.2. The van der Waals surface area contributed by atoms with Gasteiger partial charge in [0.2, 0.25) is 0 Å². The minimum Gasteiger partial charge on any atom is -0.507 e. The summed E-state index contributed by atoms with van der Waals surface area (Å²) in [7, 11) is 0. The number of ether oxygens (including phenoxy) is 1. The minimum atomic E-state index is -0.856. The Morgan fingerprint density at radius 2 is 1.74 bits per heavy atom.